The summed E-state index contributed by atoms with van der Waals surface area (Å²) in [6, 6.07) is 9.52. The predicted octanol–water partition coefficient (Wildman–Crippen LogP) is 2.99. The molecule has 0 bridgehead atoms. The van der Waals surface area contributed by atoms with E-state index < -0.39 is 22.3 Å². The number of amides is 1. The Hall–Kier alpha value is -2.96. The Morgan fingerprint density at radius 2 is 1.90 bits per heavy atom. The molecule has 0 saturated heterocycles. The molecule has 0 aliphatic heterocycles. The molecule has 7 heteroatoms. The molecule has 0 heterocycles. The molecule has 0 aliphatic carbocycles. The smallest absolute Gasteiger partial charge is 0.305 e. The Labute approximate surface area is 119 Å². The molecule has 1 amide bonds. The molecule has 0 aromatic heterocycles. The lowest BCUT2D eigenvalue weighted by molar-refractivity contribution is -0.387. The number of nitro groups is 1. The maximum atomic E-state index is 13.2. The fourth-order valence-electron chi connectivity index (χ4n) is 1.67. The van der Waals surface area contributed by atoms with E-state index in [4.69, 9.17) is 4.74 Å². The average Bonchev–Trinajstić information content (AvgIpc) is 2.48. The van der Waals surface area contributed by atoms with E-state index in [0.717, 1.165) is 12.1 Å². The summed E-state index contributed by atoms with van der Waals surface area (Å²) in [5.74, 6) is -0.922. The zero-order valence-electron chi connectivity index (χ0n) is 11.0. The largest absolute Gasteiger partial charge is 0.497 e. The molecular formula is C14H11FN2O4. The molecule has 0 spiro atoms. The first-order valence-corrected chi connectivity index (χ1v) is 5.90. The molecule has 1 N–H and O–H groups in total. The number of carbonyl (C=O) groups excluding carboxylic acids is 1. The maximum absolute atomic E-state index is 13.2. The molecule has 0 atom stereocenters. The highest BCUT2D eigenvalue weighted by molar-refractivity contribution is 6.04. The van der Waals surface area contributed by atoms with Gasteiger partial charge in [-0.25, -0.2) is 0 Å². The van der Waals surface area contributed by atoms with E-state index >= 15 is 0 Å². The van der Waals surface area contributed by atoms with Crippen LogP contribution in [-0.4, -0.2) is 17.9 Å². The van der Waals surface area contributed by atoms with Crippen molar-refractivity contribution in [2.45, 2.75) is 0 Å². The topological polar surface area (TPSA) is 81.5 Å². The number of methoxy groups -OCH3 is 1. The second kappa shape index (κ2) is 6.00. The highest BCUT2D eigenvalue weighted by atomic mass is 19.1. The van der Waals surface area contributed by atoms with Gasteiger partial charge in [0.15, 0.2) is 0 Å². The number of benzene rings is 2. The molecule has 6 nitrogen and oxygen atoms in total. The van der Waals surface area contributed by atoms with Crippen LogP contribution in [0.25, 0.3) is 0 Å². The van der Waals surface area contributed by atoms with Crippen LogP contribution in [0.2, 0.25) is 0 Å². The highest BCUT2D eigenvalue weighted by Gasteiger charge is 2.17. The number of anilines is 1. The van der Waals surface area contributed by atoms with Crippen molar-refractivity contribution in [1.82, 2.24) is 0 Å². The van der Waals surface area contributed by atoms with Gasteiger partial charge in [-0.2, -0.15) is 4.39 Å². The number of hydrogen-bond acceptors (Lipinski definition) is 4. The third-order valence-electron chi connectivity index (χ3n) is 2.75. The van der Waals surface area contributed by atoms with E-state index in [0.29, 0.717) is 11.4 Å². The van der Waals surface area contributed by atoms with E-state index in [1.165, 1.54) is 13.2 Å². The molecule has 108 valence electrons. The Morgan fingerprint density at radius 1 is 1.24 bits per heavy atom. The predicted molar refractivity (Wildman–Crippen MR) is 74.0 cm³/mol. The molecule has 2 rings (SSSR count). The van der Waals surface area contributed by atoms with Crippen molar-refractivity contribution in [1.29, 1.82) is 0 Å². The first-order valence-electron chi connectivity index (χ1n) is 5.90. The molecule has 2 aromatic carbocycles. The van der Waals surface area contributed by atoms with Crippen LogP contribution in [0.5, 0.6) is 5.75 Å². The van der Waals surface area contributed by atoms with E-state index in [2.05, 4.69) is 5.32 Å². The van der Waals surface area contributed by atoms with Crippen molar-refractivity contribution in [3.05, 3.63) is 64.0 Å². The minimum Gasteiger partial charge on any atom is -0.497 e. The first-order chi connectivity index (χ1) is 10.0. The van der Waals surface area contributed by atoms with Crippen molar-refractivity contribution < 1.29 is 18.8 Å². The molecule has 0 saturated carbocycles. The minimum absolute atomic E-state index is 0.00100. The Bertz CT molecular complexity index is 686. The summed E-state index contributed by atoms with van der Waals surface area (Å²) in [4.78, 5) is 21.7. The van der Waals surface area contributed by atoms with E-state index in [1.54, 1.807) is 24.3 Å². The Balaban J connectivity index is 2.19. The number of carbonyl (C=O) groups is 1. The van der Waals surface area contributed by atoms with Crippen LogP contribution in [0.15, 0.2) is 42.5 Å². The fourth-order valence-corrected chi connectivity index (χ4v) is 1.67. The molecule has 21 heavy (non-hydrogen) atoms. The van der Waals surface area contributed by atoms with Gasteiger partial charge in [0.2, 0.25) is 5.82 Å². The van der Waals surface area contributed by atoms with Crippen molar-refractivity contribution in [2.24, 2.45) is 0 Å². The van der Waals surface area contributed by atoms with Gasteiger partial charge >= 0.3 is 5.69 Å². The average molecular weight is 290 g/mol. The maximum Gasteiger partial charge on any atom is 0.305 e. The second-order valence-corrected chi connectivity index (χ2v) is 4.11. The summed E-state index contributed by atoms with van der Waals surface area (Å²) in [5.41, 5.74) is -0.246. The first kappa shape index (κ1) is 14.4. The van der Waals surface area contributed by atoms with Crippen LogP contribution in [-0.2, 0) is 0 Å². The number of nitrogens with zero attached hydrogens (tertiary/aromatic N) is 1. The van der Waals surface area contributed by atoms with Crippen LogP contribution in [0, 0.1) is 15.9 Å². The van der Waals surface area contributed by atoms with Crippen molar-refractivity contribution >= 4 is 17.3 Å². The highest BCUT2D eigenvalue weighted by Crippen LogP contribution is 2.20. The van der Waals surface area contributed by atoms with E-state index in [9.17, 15) is 19.3 Å². The zero-order chi connectivity index (χ0) is 15.4. The van der Waals surface area contributed by atoms with Gasteiger partial charge in [-0.15, -0.1) is 0 Å². The van der Waals surface area contributed by atoms with Crippen molar-refractivity contribution in [2.75, 3.05) is 12.4 Å². The number of ether oxygens (including phenoxy) is 1. The van der Waals surface area contributed by atoms with Gasteiger partial charge in [0.25, 0.3) is 5.91 Å². The fraction of sp³-hybridized carbons (Fsp3) is 0.0714. The summed E-state index contributed by atoms with van der Waals surface area (Å²) in [6.45, 7) is 0. The molecule has 0 unspecified atom stereocenters. The quantitative estimate of drug-likeness (QED) is 0.693. The Morgan fingerprint density at radius 3 is 2.48 bits per heavy atom. The third kappa shape index (κ3) is 3.33. The number of hydrogen-bond donors (Lipinski definition) is 1. The molecule has 0 fully saturated rings. The standard InChI is InChI=1S/C14H11FN2O4/c1-21-11-5-3-10(4-6-11)16-14(18)9-2-7-12(15)13(8-9)17(19)20/h2-8H,1H3,(H,16,18). The summed E-state index contributed by atoms with van der Waals surface area (Å²) in [6.07, 6.45) is 0. The normalized spacial score (nSPS) is 10.0. The van der Waals surface area contributed by atoms with Crippen LogP contribution in [0.4, 0.5) is 15.8 Å². The monoisotopic (exact) mass is 290 g/mol. The number of nitro benzene ring substituents is 1. The van der Waals surface area contributed by atoms with Crippen molar-refractivity contribution in [3.8, 4) is 5.75 Å². The Kier molecular flexibility index (Phi) is 4.13. The lowest BCUT2D eigenvalue weighted by Crippen LogP contribution is -2.12. The SMILES string of the molecule is COc1ccc(NC(=O)c2ccc(F)c([N+](=O)[O-])c2)cc1. The van der Waals surface area contributed by atoms with Crippen LogP contribution in [0.1, 0.15) is 10.4 Å². The van der Waals surface area contributed by atoms with Crippen LogP contribution < -0.4 is 10.1 Å². The van der Waals surface area contributed by atoms with Crippen LogP contribution in [0.3, 0.4) is 0 Å². The van der Waals surface area contributed by atoms with Gasteiger partial charge in [-0.05, 0) is 36.4 Å². The summed E-state index contributed by atoms with van der Waals surface area (Å²) >= 11 is 0. The van der Waals surface area contributed by atoms with Gasteiger partial charge in [-0.1, -0.05) is 0 Å². The molecule has 0 radical (unpaired) electrons. The molecule has 2 aromatic rings. The van der Waals surface area contributed by atoms with E-state index in [1.807, 2.05) is 0 Å². The number of rotatable bonds is 4. The lowest BCUT2D eigenvalue weighted by Gasteiger charge is -2.06. The van der Waals surface area contributed by atoms with Gasteiger partial charge in [-0.3, -0.25) is 14.9 Å². The zero-order valence-corrected chi connectivity index (χ0v) is 11.0. The second-order valence-electron chi connectivity index (χ2n) is 4.11. The molecule has 0 aliphatic rings. The van der Waals surface area contributed by atoms with Gasteiger partial charge in [0, 0.05) is 17.3 Å². The van der Waals surface area contributed by atoms with Crippen LogP contribution >= 0.6 is 0 Å². The number of nitrogens with one attached hydrogen (secondary N) is 1. The summed E-state index contributed by atoms with van der Waals surface area (Å²) < 4.78 is 18.2. The molecular weight excluding hydrogens is 279 g/mol. The van der Waals surface area contributed by atoms with Crippen molar-refractivity contribution in [3.63, 3.8) is 0 Å². The third-order valence-corrected chi connectivity index (χ3v) is 2.75. The lowest BCUT2D eigenvalue weighted by atomic mass is 10.1. The minimum atomic E-state index is -0.985. The number of halogens is 1. The summed E-state index contributed by atoms with van der Waals surface area (Å²) in [5, 5.41) is 13.2. The van der Waals surface area contributed by atoms with Gasteiger partial charge in [0.1, 0.15) is 5.75 Å². The summed E-state index contributed by atoms with van der Waals surface area (Å²) in [7, 11) is 1.52. The van der Waals surface area contributed by atoms with Gasteiger partial charge in [0.05, 0.1) is 12.0 Å². The van der Waals surface area contributed by atoms with E-state index in [-0.39, 0.29) is 5.56 Å². The van der Waals surface area contributed by atoms with Gasteiger partial charge < -0.3 is 10.1 Å².